The number of amidine groups is 1. The second-order valence-corrected chi connectivity index (χ2v) is 10.5. The Balaban J connectivity index is 0.000000571. The summed E-state index contributed by atoms with van der Waals surface area (Å²) in [5, 5.41) is 2.71. The van der Waals surface area contributed by atoms with Gasteiger partial charge in [-0.1, -0.05) is 75.6 Å². The normalized spacial score (nSPS) is 15.4. The molecule has 0 bridgehead atoms. The number of para-hydroxylation sites is 2. The first-order chi connectivity index (χ1) is 19.7. The highest BCUT2D eigenvalue weighted by atomic mass is 35.5. The van der Waals surface area contributed by atoms with Crippen LogP contribution in [0.15, 0.2) is 100 Å². The van der Waals surface area contributed by atoms with E-state index in [1.807, 2.05) is 19.1 Å². The number of oxazole rings is 1. The number of Topliss-reactive ketones (excluding diaryl/α,β-unsaturated/α-hetero) is 1. The summed E-state index contributed by atoms with van der Waals surface area (Å²) in [7, 11) is -3.71. The molecule has 2 aromatic carbocycles. The maximum atomic E-state index is 12.9. The van der Waals surface area contributed by atoms with E-state index in [4.69, 9.17) is 16.0 Å². The molecule has 0 aliphatic carbocycles. The van der Waals surface area contributed by atoms with Gasteiger partial charge in [0.1, 0.15) is 17.4 Å². The average molecular weight is 599 g/mol. The second kappa shape index (κ2) is 16.3. The molecule has 41 heavy (non-hydrogen) atoms. The largest absolute Gasteiger partial charge is 0.434 e. The van der Waals surface area contributed by atoms with Crippen molar-refractivity contribution in [1.82, 2.24) is 15.0 Å². The number of rotatable bonds is 9. The summed E-state index contributed by atoms with van der Waals surface area (Å²) in [5.74, 6) is -0.251. The van der Waals surface area contributed by atoms with Crippen molar-refractivity contribution in [2.24, 2.45) is 4.99 Å². The Bertz CT molecular complexity index is 1490. The van der Waals surface area contributed by atoms with Gasteiger partial charge in [0, 0.05) is 11.4 Å². The predicted octanol–water partition coefficient (Wildman–Crippen LogP) is 5.58. The molecule has 0 saturated carbocycles. The summed E-state index contributed by atoms with van der Waals surface area (Å²) < 4.78 is 32.5. The van der Waals surface area contributed by atoms with Gasteiger partial charge in [0.2, 0.25) is 11.7 Å². The van der Waals surface area contributed by atoms with Gasteiger partial charge >= 0.3 is 0 Å². The predicted molar refractivity (Wildman–Crippen MR) is 164 cm³/mol. The Morgan fingerprint density at radius 1 is 1.10 bits per heavy atom. The molecule has 0 saturated heterocycles. The van der Waals surface area contributed by atoms with Gasteiger partial charge in [-0.05, 0) is 44.0 Å². The number of halogens is 1. The Hall–Kier alpha value is -4.02. The van der Waals surface area contributed by atoms with Crippen LogP contribution in [0.4, 0.5) is 0 Å². The van der Waals surface area contributed by atoms with Crippen molar-refractivity contribution >= 4 is 50.2 Å². The molecule has 0 unspecified atom stereocenters. The number of alkyl halides is 1. The summed E-state index contributed by atoms with van der Waals surface area (Å²) >= 11 is 5.21. The van der Waals surface area contributed by atoms with Crippen LogP contribution in [-0.4, -0.2) is 48.9 Å². The standard InChI is InChI=1S/C22H22N4O5S.C4H7Cl.C4H6/c1-3-14(19(27)22-25-16-10-6-7-11-17(16)31-22)24-21(28)15(4-2)23-20-13-9-5-8-12-18(13)32(29,30)26-20;1-2-3-4-5;1-3-4-2/h5-12,14-15H,3-4H2,1-2H3,(H,23,26)(H,24,28);2-3H,4H2,1H3;3-4H,1-2H2/b;3-2-;/t14-,15+;;/m0../s1. The number of aromatic nitrogens is 1. The van der Waals surface area contributed by atoms with Gasteiger partial charge < -0.3 is 9.73 Å². The Morgan fingerprint density at radius 2 is 1.76 bits per heavy atom. The summed E-state index contributed by atoms with van der Waals surface area (Å²) in [5.41, 5.74) is 1.46. The van der Waals surface area contributed by atoms with Gasteiger partial charge in [0.05, 0.1) is 10.9 Å². The Labute approximate surface area is 246 Å². The van der Waals surface area contributed by atoms with E-state index in [0.29, 0.717) is 35.4 Å². The van der Waals surface area contributed by atoms with Gasteiger partial charge in [-0.15, -0.1) is 11.6 Å². The number of allylic oxidation sites excluding steroid dienone is 4. The van der Waals surface area contributed by atoms with E-state index in [1.165, 1.54) is 6.07 Å². The highest BCUT2D eigenvalue weighted by molar-refractivity contribution is 7.90. The van der Waals surface area contributed by atoms with E-state index in [0.717, 1.165) is 0 Å². The minimum Gasteiger partial charge on any atom is -0.434 e. The number of amides is 1. The zero-order chi connectivity index (χ0) is 30.4. The van der Waals surface area contributed by atoms with Crippen molar-refractivity contribution < 1.29 is 22.4 Å². The zero-order valence-corrected chi connectivity index (χ0v) is 24.9. The molecule has 1 aromatic heterocycles. The molecule has 0 fully saturated rings. The third-order valence-corrected chi connectivity index (χ3v) is 7.25. The van der Waals surface area contributed by atoms with Crippen molar-refractivity contribution in [2.45, 2.75) is 50.6 Å². The lowest BCUT2D eigenvalue weighted by Gasteiger charge is -2.17. The van der Waals surface area contributed by atoms with Crippen molar-refractivity contribution in [2.75, 3.05) is 5.88 Å². The van der Waals surface area contributed by atoms with Crippen molar-refractivity contribution in [3.8, 4) is 0 Å². The Morgan fingerprint density at radius 3 is 2.32 bits per heavy atom. The summed E-state index contributed by atoms with van der Waals surface area (Å²) in [4.78, 5) is 34.5. The smallest absolute Gasteiger partial charge is 0.266 e. The molecule has 2 N–H and O–H groups in total. The molecule has 0 spiro atoms. The summed E-state index contributed by atoms with van der Waals surface area (Å²) in [6.45, 7) is 12.2. The highest BCUT2D eigenvalue weighted by Crippen LogP contribution is 2.23. The summed E-state index contributed by atoms with van der Waals surface area (Å²) in [6.07, 6.45) is 7.73. The molecule has 218 valence electrons. The van der Waals surface area contributed by atoms with Crippen LogP contribution in [0.25, 0.3) is 11.1 Å². The average Bonchev–Trinajstić information content (AvgIpc) is 3.53. The van der Waals surface area contributed by atoms with Gasteiger partial charge in [-0.2, -0.15) is 0 Å². The van der Waals surface area contributed by atoms with Crippen LogP contribution in [0.2, 0.25) is 0 Å². The quantitative estimate of drug-likeness (QED) is 0.143. The van der Waals surface area contributed by atoms with Crippen molar-refractivity contribution in [1.29, 1.82) is 0 Å². The molecule has 2 atom stereocenters. The number of hydrogen-bond acceptors (Lipinski definition) is 7. The van der Waals surface area contributed by atoms with E-state index >= 15 is 0 Å². The second-order valence-electron chi connectivity index (χ2n) is 8.52. The number of aliphatic imine (C=N–C) groups is 1. The number of hydrogen-bond donors (Lipinski definition) is 2. The van der Waals surface area contributed by atoms with E-state index in [-0.39, 0.29) is 16.6 Å². The van der Waals surface area contributed by atoms with Crippen LogP contribution in [0, 0.1) is 0 Å². The molecule has 1 aliphatic rings. The molecule has 9 nitrogen and oxygen atoms in total. The molecule has 1 aliphatic heterocycles. The lowest BCUT2D eigenvalue weighted by Crippen LogP contribution is -2.45. The molecular formula is C30H35ClN4O5S. The van der Waals surface area contributed by atoms with Crippen LogP contribution >= 0.6 is 11.6 Å². The number of carbonyl (C=O) groups is 2. The third kappa shape index (κ3) is 8.99. The Kier molecular flexibility index (Phi) is 13.2. The fourth-order valence-electron chi connectivity index (χ4n) is 3.56. The number of nitrogens with one attached hydrogen (secondary N) is 2. The van der Waals surface area contributed by atoms with Crippen LogP contribution in [-0.2, 0) is 14.8 Å². The number of carbonyl (C=O) groups excluding carboxylic acids is 2. The minimum atomic E-state index is -3.71. The number of sulfonamides is 1. The van der Waals surface area contributed by atoms with Gasteiger partial charge in [0.15, 0.2) is 5.58 Å². The first kappa shape index (κ1) is 33.2. The first-order valence-electron chi connectivity index (χ1n) is 13.0. The van der Waals surface area contributed by atoms with E-state index in [2.05, 4.69) is 33.2 Å². The minimum absolute atomic E-state index is 0.0739. The zero-order valence-electron chi connectivity index (χ0n) is 23.3. The molecule has 0 radical (unpaired) electrons. The van der Waals surface area contributed by atoms with Crippen molar-refractivity contribution in [3.63, 3.8) is 0 Å². The van der Waals surface area contributed by atoms with Crippen LogP contribution in [0.1, 0.15) is 49.9 Å². The first-order valence-corrected chi connectivity index (χ1v) is 15.0. The fraction of sp³-hybridized carbons (Fsp3) is 0.267. The highest BCUT2D eigenvalue weighted by Gasteiger charge is 2.32. The lowest BCUT2D eigenvalue weighted by molar-refractivity contribution is -0.122. The number of benzene rings is 2. The fourth-order valence-corrected chi connectivity index (χ4v) is 4.97. The molecule has 2 heterocycles. The maximum absolute atomic E-state index is 12.9. The summed E-state index contributed by atoms with van der Waals surface area (Å²) in [6, 6.07) is 11.7. The SMILES string of the molecule is C/C=C\CCl.C=CC=C.CC[C@H](NC(=O)[C@@H](CC)N=C1NS(=O)(=O)c2ccccc21)C(=O)c1nc2ccccc2o1. The topological polar surface area (TPSA) is 131 Å². The van der Waals surface area contributed by atoms with Crippen LogP contribution < -0.4 is 10.0 Å². The van der Waals surface area contributed by atoms with Crippen LogP contribution in [0.3, 0.4) is 0 Å². The van der Waals surface area contributed by atoms with Gasteiger partial charge in [0.25, 0.3) is 15.9 Å². The van der Waals surface area contributed by atoms with E-state index in [1.54, 1.807) is 68.5 Å². The molecule has 11 heteroatoms. The van der Waals surface area contributed by atoms with Gasteiger partial charge in [-0.25, -0.2) is 13.4 Å². The monoisotopic (exact) mass is 598 g/mol. The molecule has 3 aromatic rings. The molecular weight excluding hydrogens is 564 g/mol. The number of nitrogens with zero attached hydrogens (tertiary/aromatic N) is 2. The van der Waals surface area contributed by atoms with Crippen molar-refractivity contribution in [3.05, 3.63) is 97.4 Å². The number of ketones is 1. The number of fused-ring (bicyclic) bond motifs is 2. The third-order valence-electron chi connectivity index (χ3n) is 5.67. The van der Waals surface area contributed by atoms with Gasteiger partial charge in [-0.3, -0.25) is 19.3 Å². The van der Waals surface area contributed by atoms with Crippen LogP contribution in [0.5, 0.6) is 0 Å². The van der Waals surface area contributed by atoms with E-state index in [9.17, 15) is 18.0 Å². The molecule has 1 amide bonds. The van der Waals surface area contributed by atoms with E-state index < -0.39 is 33.8 Å². The molecule has 4 rings (SSSR count). The maximum Gasteiger partial charge on any atom is 0.266 e. The lowest BCUT2D eigenvalue weighted by atomic mass is 10.1.